The molecule has 0 aliphatic carbocycles. The van der Waals surface area contributed by atoms with Crippen molar-refractivity contribution in [3.63, 3.8) is 0 Å². The van der Waals surface area contributed by atoms with Gasteiger partial charge in [0.15, 0.2) is 5.76 Å². The van der Waals surface area contributed by atoms with E-state index in [2.05, 4.69) is 0 Å². The van der Waals surface area contributed by atoms with E-state index < -0.39 is 5.91 Å². The molecule has 3 amide bonds. The number of nitrogen functional groups attached to an aromatic ring is 1. The van der Waals surface area contributed by atoms with E-state index in [-0.39, 0.29) is 37.0 Å². The fourth-order valence-corrected chi connectivity index (χ4v) is 1.83. The number of hydrogen-bond acceptors (Lipinski definition) is 5. The lowest BCUT2D eigenvalue weighted by molar-refractivity contribution is -0.139. The summed E-state index contributed by atoms with van der Waals surface area (Å²) in [6.45, 7) is 1.79. The van der Waals surface area contributed by atoms with Crippen molar-refractivity contribution < 1.29 is 18.8 Å². The van der Waals surface area contributed by atoms with Crippen LogP contribution in [0.4, 0.5) is 0 Å². The number of nitrogens with two attached hydrogens (primary N) is 1. The van der Waals surface area contributed by atoms with Crippen LogP contribution in [0.15, 0.2) is 10.5 Å². The summed E-state index contributed by atoms with van der Waals surface area (Å²) in [5.74, 6) is 4.58. The van der Waals surface area contributed by atoms with Gasteiger partial charge in [0.1, 0.15) is 5.76 Å². The molecule has 2 rings (SSSR count). The highest BCUT2D eigenvalue weighted by atomic mass is 16.4. The maximum Gasteiger partial charge on any atom is 0.300 e. The van der Waals surface area contributed by atoms with Gasteiger partial charge in [-0.3, -0.25) is 24.7 Å². The standard InChI is InChI=1S/C11H13N3O4/c1-6-7(4-8(18-6)11(17)13-12)5-14-9(15)2-3-10(14)16/h4H,2-3,5,12H2,1H3,(H,13,17). The quantitative estimate of drug-likeness (QED) is 0.336. The molecule has 0 unspecified atom stereocenters. The third kappa shape index (κ3) is 2.12. The first-order valence-electron chi connectivity index (χ1n) is 5.46. The van der Waals surface area contributed by atoms with Gasteiger partial charge in [-0.1, -0.05) is 0 Å². The minimum atomic E-state index is -0.552. The minimum absolute atomic E-state index is 0.0593. The van der Waals surface area contributed by atoms with Crippen LogP contribution in [0.25, 0.3) is 0 Å². The molecule has 96 valence electrons. The number of hydrazine groups is 1. The van der Waals surface area contributed by atoms with E-state index in [1.165, 1.54) is 11.0 Å². The second-order valence-corrected chi connectivity index (χ2v) is 4.04. The van der Waals surface area contributed by atoms with Crippen LogP contribution >= 0.6 is 0 Å². The number of likely N-dealkylation sites (tertiary alicyclic amines) is 1. The molecule has 0 spiro atoms. The van der Waals surface area contributed by atoms with E-state index in [4.69, 9.17) is 10.3 Å². The molecule has 0 bridgehead atoms. The first-order chi connectivity index (χ1) is 8.52. The molecular weight excluding hydrogens is 238 g/mol. The number of nitrogens with zero attached hydrogens (tertiary/aromatic N) is 1. The number of hydrogen-bond donors (Lipinski definition) is 2. The SMILES string of the molecule is Cc1oc(C(=O)NN)cc1CN1C(=O)CCC1=O. The predicted octanol–water partition coefficient (Wildman–Crippen LogP) is -0.159. The van der Waals surface area contributed by atoms with Gasteiger partial charge in [0.05, 0.1) is 6.54 Å². The molecule has 0 radical (unpaired) electrons. The number of furan rings is 1. The lowest BCUT2D eigenvalue weighted by atomic mass is 10.2. The Balaban J connectivity index is 2.19. The van der Waals surface area contributed by atoms with Crippen LogP contribution in [-0.4, -0.2) is 22.6 Å². The number of carbonyl (C=O) groups excluding carboxylic acids is 3. The second kappa shape index (κ2) is 4.61. The zero-order valence-corrected chi connectivity index (χ0v) is 9.86. The van der Waals surface area contributed by atoms with Gasteiger partial charge in [-0.2, -0.15) is 0 Å². The zero-order chi connectivity index (χ0) is 13.3. The first-order valence-corrected chi connectivity index (χ1v) is 5.46. The van der Waals surface area contributed by atoms with Gasteiger partial charge >= 0.3 is 5.91 Å². The summed E-state index contributed by atoms with van der Waals surface area (Å²) in [4.78, 5) is 35.4. The van der Waals surface area contributed by atoms with E-state index in [1.54, 1.807) is 6.92 Å². The molecule has 2 heterocycles. The molecule has 1 aliphatic rings. The Labute approximate surface area is 103 Å². The van der Waals surface area contributed by atoms with E-state index >= 15 is 0 Å². The Kier molecular flexibility index (Phi) is 3.15. The van der Waals surface area contributed by atoms with E-state index in [9.17, 15) is 14.4 Å². The molecular formula is C11H13N3O4. The highest BCUT2D eigenvalue weighted by Gasteiger charge is 2.30. The molecule has 1 saturated heterocycles. The van der Waals surface area contributed by atoms with Crippen molar-refractivity contribution in [2.75, 3.05) is 0 Å². The van der Waals surface area contributed by atoms with Crippen molar-refractivity contribution in [2.45, 2.75) is 26.3 Å². The van der Waals surface area contributed by atoms with Crippen molar-refractivity contribution in [3.05, 3.63) is 23.2 Å². The average Bonchev–Trinajstić information content (AvgIpc) is 2.86. The monoisotopic (exact) mass is 251 g/mol. The van der Waals surface area contributed by atoms with Gasteiger partial charge in [0, 0.05) is 18.4 Å². The predicted molar refractivity (Wildman–Crippen MR) is 59.9 cm³/mol. The van der Waals surface area contributed by atoms with Crippen LogP contribution in [0.3, 0.4) is 0 Å². The Hall–Kier alpha value is -2.15. The number of carbonyl (C=O) groups is 3. The summed E-state index contributed by atoms with van der Waals surface area (Å²) >= 11 is 0. The van der Waals surface area contributed by atoms with Crippen molar-refractivity contribution in [3.8, 4) is 0 Å². The Morgan fingerprint density at radius 1 is 1.44 bits per heavy atom. The lowest BCUT2D eigenvalue weighted by Crippen LogP contribution is -2.29. The number of rotatable bonds is 3. The van der Waals surface area contributed by atoms with Crippen molar-refractivity contribution in [1.82, 2.24) is 10.3 Å². The molecule has 3 N–H and O–H groups in total. The minimum Gasteiger partial charge on any atom is -0.456 e. The fraction of sp³-hybridized carbons (Fsp3) is 0.364. The van der Waals surface area contributed by atoms with E-state index in [0.29, 0.717) is 11.3 Å². The van der Waals surface area contributed by atoms with Gasteiger partial charge in [-0.15, -0.1) is 0 Å². The number of amides is 3. The zero-order valence-electron chi connectivity index (χ0n) is 9.86. The molecule has 1 fully saturated rings. The van der Waals surface area contributed by atoms with Crippen LogP contribution in [-0.2, 0) is 16.1 Å². The maximum absolute atomic E-state index is 11.5. The normalized spacial score (nSPS) is 15.3. The van der Waals surface area contributed by atoms with E-state index in [0.717, 1.165) is 0 Å². The van der Waals surface area contributed by atoms with Crippen LogP contribution in [0.2, 0.25) is 0 Å². The Morgan fingerprint density at radius 2 is 2.06 bits per heavy atom. The van der Waals surface area contributed by atoms with Gasteiger partial charge in [0.25, 0.3) is 0 Å². The van der Waals surface area contributed by atoms with Crippen molar-refractivity contribution >= 4 is 17.7 Å². The number of nitrogens with one attached hydrogen (secondary N) is 1. The van der Waals surface area contributed by atoms with Crippen LogP contribution < -0.4 is 11.3 Å². The molecule has 0 atom stereocenters. The molecule has 7 nitrogen and oxygen atoms in total. The van der Waals surface area contributed by atoms with Crippen LogP contribution in [0, 0.1) is 6.92 Å². The van der Waals surface area contributed by atoms with Gasteiger partial charge in [0.2, 0.25) is 11.8 Å². The van der Waals surface area contributed by atoms with E-state index in [1.807, 2.05) is 5.43 Å². The molecule has 18 heavy (non-hydrogen) atoms. The fourth-order valence-electron chi connectivity index (χ4n) is 1.83. The van der Waals surface area contributed by atoms with Gasteiger partial charge < -0.3 is 4.42 Å². The molecule has 1 aromatic heterocycles. The van der Waals surface area contributed by atoms with Crippen LogP contribution in [0.5, 0.6) is 0 Å². The average molecular weight is 251 g/mol. The maximum atomic E-state index is 11.5. The van der Waals surface area contributed by atoms with Gasteiger partial charge in [-0.05, 0) is 13.0 Å². The smallest absolute Gasteiger partial charge is 0.300 e. The molecule has 0 aromatic carbocycles. The Morgan fingerprint density at radius 3 is 2.61 bits per heavy atom. The third-order valence-electron chi connectivity index (χ3n) is 2.86. The summed E-state index contributed by atoms with van der Waals surface area (Å²) in [5.41, 5.74) is 2.58. The largest absolute Gasteiger partial charge is 0.456 e. The second-order valence-electron chi connectivity index (χ2n) is 4.04. The summed E-state index contributed by atoms with van der Waals surface area (Å²) < 4.78 is 5.21. The number of imide groups is 1. The third-order valence-corrected chi connectivity index (χ3v) is 2.86. The highest BCUT2D eigenvalue weighted by molar-refractivity contribution is 6.01. The van der Waals surface area contributed by atoms with Crippen molar-refractivity contribution in [1.29, 1.82) is 0 Å². The van der Waals surface area contributed by atoms with Crippen molar-refractivity contribution in [2.24, 2.45) is 5.84 Å². The summed E-state index contributed by atoms with van der Waals surface area (Å²) in [5, 5.41) is 0. The van der Waals surface area contributed by atoms with Gasteiger partial charge in [-0.25, -0.2) is 5.84 Å². The summed E-state index contributed by atoms with van der Waals surface area (Å²) in [6.07, 6.45) is 0.484. The summed E-state index contributed by atoms with van der Waals surface area (Å²) in [6, 6.07) is 1.48. The first kappa shape index (κ1) is 12.3. The molecule has 1 aliphatic heterocycles. The van der Waals surface area contributed by atoms with Crippen LogP contribution in [0.1, 0.15) is 34.7 Å². The lowest BCUT2D eigenvalue weighted by Gasteiger charge is -2.12. The topological polar surface area (TPSA) is 106 Å². The molecule has 1 aromatic rings. The molecule has 7 heteroatoms. The molecule has 0 saturated carbocycles. The summed E-state index contributed by atoms with van der Waals surface area (Å²) in [7, 11) is 0. The Bertz CT molecular complexity index is 504. The highest BCUT2D eigenvalue weighted by Crippen LogP contribution is 2.20. The number of aryl methyl sites for hydroxylation is 1.